The van der Waals surface area contributed by atoms with E-state index >= 15 is 0 Å². The monoisotopic (exact) mass is 437 g/mol. The smallest absolute Gasteiger partial charge is 0.282 e. The predicted molar refractivity (Wildman–Crippen MR) is 118 cm³/mol. The molecule has 0 radical (unpaired) electrons. The molecule has 2 N–H and O–H groups in total. The van der Waals surface area contributed by atoms with E-state index in [0.717, 1.165) is 12.8 Å². The van der Waals surface area contributed by atoms with Crippen molar-refractivity contribution < 1.29 is 4.74 Å². The average molecular weight is 438 g/mol. The summed E-state index contributed by atoms with van der Waals surface area (Å²) in [6.07, 6.45) is 4.83. The Morgan fingerprint density at radius 3 is 2.94 bits per heavy atom. The Morgan fingerprint density at radius 1 is 1.23 bits per heavy atom. The van der Waals surface area contributed by atoms with E-state index < -0.39 is 0 Å². The molecule has 0 unspecified atom stereocenters. The van der Waals surface area contributed by atoms with Crippen LogP contribution in [0.2, 0.25) is 5.02 Å². The first-order valence-electron chi connectivity index (χ1n) is 9.86. The maximum atomic E-state index is 13.5. The molecule has 3 aromatic heterocycles. The van der Waals surface area contributed by atoms with Crippen molar-refractivity contribution in [2.24, 2.45) is 0 Å². The van der Waals surface area contributed by atoms with Crippen LogP contribution in [0.5, 0.6) is 5.75 Å². The molecular formula is C21H20ClN7O2. The maximum Gasteiger partial charge on any atom is 0.282 e. The lowest BCUT2D eigenvalue weighted by Crippen LogP contribution is -2.33. The van der Waals surface area contributed by atoms with Crippen LogP contribution in [0.25, 0.3) is 11.2 Å². The van der Waals surface area contributed by atoms with Gasteiger partial charge in [-0.05, 0) is 37.1 Å². The van der Waals surface area contributed by atoms with Crippen molar-refractivity contribution in [3.8, 4) is 11.4 Å². The van der Waals surface area contributed by atoms with E-state index in [0.29, 0.717) is 40.2 Å². The Kier molecular flexibility index (Phi) is 4.74. The number of fused-ring (bicyclic) bond motifs is 1. The summed E-state index contributed by atoms with van der Waals surface area (Å²) >= 11 is 6.43. The number of nitrogens with two attached hydrogens (primary N) is 1. The number of ether oxygens (including phenoxy) is 1. The lowest BCUT2D eigenvalue weighted by atomic mass is 10.2. The summed E-state index contributed by atoms with van der Waals surface area (Å²) in [6, 6.07) is 10.7. The van der Waals surface area contributed by atoms with Crippen LogP contribution in [0.1, 0.15) is 24.7 Å². The van der Waals surface area contributed by atoms with Gasteiger partial charge < -0.3 is 15.4 Å². The zero-order valence-electron chi connectivity index (χ0n) is 16.8. The second-order valence-corrected chi connectivity index (χ2v) is 7.66. The molecular weight excluding hydrogens is 418 g/mol. The van der Waals surface area contributed by atoms with Crippen LogP contribution < -0.4 is 20.9 Å². The van der Waals surface area contributed by atoms with Crippen molar-refractivity contribution in [2.75, 3.05) is 24.3 Å². The van der Waals surface area contributed by atoms with E-state index in [9.17, 15) is 4.79 Å². The number of anilines is 2. The van der Waals surface area contributed by atoms with Crippen LogP contribution in [0, 0.1) is 0 Å². The van der Waals surface area contributed by atoms with Gasteiger partial charge in [0.2, 0.25) is 0 Å². The molecule has 0 bridgehead atoms. The number of nitrogens with zero attached hydrogens (tertiary/aromatic N) is 6. The number of aromatic nitrogens is 5. The van der Waals surface area contributed by atoms with Gasteiger partial charge in [0.25, 0.3) is 5.56 Å². The zero-order valence-corrected chi connectivity index (χ0v) is 17.5. The number of halogens is 1. The van der Waals surface area contributed by atoms with Gasteiger partial charge in [0.15, 0.2) is 11.6 Å². The van der Waals surface area contributed by atoms with Gasteiger partial charge in [-0.1, -0.05) is 17.7 Å². The first-order chi connectivity index (χ1) is 15.1. The van der Waals surface area contributed by atoms with E-state index in [1.54, 1.807) is 34.5 Å². The van der Waals surface area contributed by atoms with Crippen LogP contribution >= 0.6 is 11.6 Å². The molecule has 31 heavy (non-hydrogen) atoms. The van der Waals surface area contributed by atoms with Crippen LogP contribution in [-0.4, -0.2) is 37.8 Å². The molecule has 9 nitrogen and oxygen atoms in total. The fraction of sp³-hybridized carbons (Fsp3) is 0.238. The number of hydrogen-bond acceptors (Lipinski definition) is 7. The SMILES string of the molecule is COc1cccc(-n2c([C@@H]3CCCN3c3ncnc(N)c3Cl)nn3cccc3c2=O)c1. The summed E-state index contributed by atoms with van der Waals surface area (Å²) in [6.45, 7) is 0.707. The molecule has 4 heterocycles. The van der Waals surface area contributed by atoms with Gasteiger partial charge in [0.05, 0.1) is 18.8 Å². The van der Waals surface area contributed by atoms with Gasteiger partial charge in [0, 0.05) is 18.8 Å². The average Bonchev–Trinajstić information content (AvgIpc) is 3.45. The number of hydrogen-bond donors (Lipinski definition) is 1. The topological polar surface area (TPSA) is 104 Å². The summed E-state index contributed by atoms with van der Waals surface area (Å²) < 4.78 is 8.62. The molecule has 1 atom stereocenters. The predicted octanol–water partition coefficient (Wildman–Crippen LogP) is 2.86. The Labute approximate surface area is 182 Å². The van der Waals surface area contributed by atoms with Gasteiger partial charge in [-0.25, -0.2) is 14.5 Å². The van der Waals surface area contributed by atoms with Crippen molar-refractivity contribution in [1.29, 1.82) is 0 Å². The first kappa shape index (κ1) is 19.4. The highest BCUT2D eigenvalue weighted by molar-refractivity contribution is 6.35. The highest BCUT2D eigenvalue weighted by Gasteiger charge is 2.33. The summed E-state index contributed by atoms with van der Waals surface area (Å²) in [5.74, 6) is 2.00. The van der Waals surface area contributed by atoms with Gasteiger partial charge >= 0.3 is 0 Å². The molecule has 1 aromatic carbocycles. The quantitative estimate of drug-likeness (QED) is 0.523. The van der Waals surface area contributed by atoms with Crippen molar-refractivity contribution in [2.45, 2.75) is 18.9 Å². The third-order valence-electron chi connectivity index (χ3n) is 5.52. The third kappa shape index (κ3) is 3.17. The largest absolute Gasteiger partial charge is 0.497 e. The number of nitrogen functional groups attached to an aromatic ring is 1. The fourth-order valence-corrected chi connectivity index (χ4v) is 4.29. The molecule has 1 fully saturated rings. The van der Waals surface area contributed by atoms with E-state index in [4.69, 9.17) is 27.2 Å². The van der Waals surface area contributed by atoms with Gasteiger partial charge in [-0.2, -0.15) is 5.10 Å². The summed E-state index contributed by atoms with van der Waals surface area (Å²) in [7, 11) is 1.59. The summed E-state index contributed by atoms with van der Waals surface area (Å²) in [5.41, 5.74) is 6.91. The van der Waals surface area contributed by atoms with Crippen LogP contribution in [0.3, 0.4) is 0 Å². The molecule has 1 aliphatic rings. The van der Waals surface area contributed by atoms with Gasteiger partial charge in [-0.15, -0.1) is 0 Å². The Morgan fingerprint density at radius 2 is 2.10 bits per heavy atom. The van der Waals surface area contributed by atoms with E-state index in [1.165, 1.54) is 6.33 Å². The molecule has 4 aromatic rings. The minimum atomic E-state index is -0.225. The van der Waals surface area contributed by atoms with E-state index in [-0.39, 0.29) is 17.4 Å². The molecule has 0 amide bonds. The second kappa shape index (κ2) is 7.59. The Hall–Kier alpha value is -3.59. The molecule has 0 saturated carbocycles. The summed E-state index contributed by atoms with van der Waals surface area (Å²) in [5, 5.41) is 5.12. The van der Waals surface area contributed by atoms with Crippen molar-refractivity contribution >= 4 is 28.8 Å². The third-order valence-corrected chi connectivity index (χ3v) is 5.88. The standard InChI is InChI=1S/C21H20ClN7O2/c1-31-14-6-2-5-13(11-14)29-19(26-28-10-4-8-16(28)21(29)30)15-7-3-9-27(15)20-17(22)18(23)24-12-25-20/h2,4-6,8,10-12,15H,3,7,9H2,1H3,(H2,23,24,25)/t15-/m0/s1. The van der Waals surface area contributed by atoms with Crippen LogP contribution in [0.15, 0.2) is 53.7 Å². The van der Waals surface area contributed by atoms with E-state index in [1.807, 2.05) is 29.2 Å². The van der Waals surface area contributed by atoms with Gasteiger partial charge in [0.1, 0.15) is 28.4 Å². The van der Waals surface area contributed by atoms with Gasteiger partial charge in [-0.3, -0.25) is 9.36 Å². The lowest BCUT2D eigenvalue weighted by Gasteiger charge is -2.28. The number of methoxy groups -OCH3 is 1. The molecule has 0 aliphatic carbocycles. The molecule has 10 heteroatoms. The number of benzene rings is 1. The Balaban J connectivity index is 1.73. The van der Waals surface area contributed by atoms with Crippen molar-refractivity contribution in [1.82, 2.24) is 24.1 Å². The highest BCUT2D eigenvalue weighted by atomic mass is 35.5. The van der Waals surface area contributed by atoms with Crippen LogP contribution in [-0.2, 0) is 0 Å². The highest BCUT2D eigenvalue weighted by Crippen LogP contribution is 2.39. The van der Waals surface area contributed by atoms with Crippen molar-refractivity contribution in [3.05, 3.63) is 70.1 Å². The first-order valence-corrected chi connectivity index (χ1v) is 10.2. The minimum Gasteiger partial charge on any atom is -0.497 e. The minimum absolute atomic E-state index is 0.164. The van der Waals surface area contributed by atoms with E-state index in [2.05, 4.69) is 9.97 Å². The molecule has 158 valence electrons. The fourth-order valence-electron chi connectivity index (χ4n) is 4.08. The molecule has 5 rings (SSSR count). The lowest BCUT2D eigenvalue weighted by molar-refractivity contribution is 0.414. The maximum absolute atomic E-state index is 13.5. The molecule has 1 saturated heterocycles. The Bertz CT molecular complexity index is 1330. The summed E-state index contributed by atoms with van der Waals surface area (Å²) in [4.78, 5) is 23.9. The van der Waals surface area contributed by atoms with Crippen LogP contribution in [0.4, 0.5) is 11.6 Å². The molecule has 1 aliphatic heterocycles. The number of rotatable bonds is 4. The molecule has 0 spiro atoms. The van der Waals surface area contributed by atoms with Crippen molar-refractivity contribution in [3.63, 3.8) is 0 Å². The second-order valence-electron chi connectivity index (χ2n) is 7.29. The normalized spacial score (nSPS) is 16.2. The zero-order chi connectivity index (χ0) is 21.5.